The highest BCUT2D eigenvalue weighted by atomic mass is 35.5. The van der Waals surface area contributed by atoms with Crippen LogP contribution in [0.1, 0.15) is 12.8 Å². The Bertz CT molecular complexity index is 741. The van der Waals surface area contributed by atoms with Crippen LogP contribution in [-0.2, 0) is 16.0 Å². The van der Waals surface area contributed by atoms with Gasteiger partial charge in [0, 0.05) is 42.5 Å². The summed E-state index contributed by atoms with van der Waals surface area (Å²) < 4.78 is 10.5. The van der Waals surface area contributed by atoms with Crippen molar-refractivity contribution in [3.63, 3.8) is 0 Å². The van der Waals surface area contributed by atoms with E-state index in [2.05, 4.69) is 27.0 Å². The molecule has 1 aliphatic heterocycles. The highest BCUT2D eigenvalue weighted by molar-refractivity contribution is 6.31. The van der Waals surface area contributed by atoms with Gasteiger partial charge in [0.2, 0.25) is 11.8 Å². The van der Waals surface area contributed by atoms with Gasteiger partial charge >= 0.3 is 5.97 Å². The standard InChI is InChI=1S/C17H21ClN4O3/c1-3-24-16(23)11-15-19-20-17(25-15)12-8-13(18)10-14(9-12)22-6-4-21(2)5-7-22/h8-10H,3-7,11H2,1-2H3. The molecule has 1 aliphatic rings. The van der Waals surface area contributed by atoms with Gasteiger partial charge in [-0.25, -0.2) is 0 Å². The molecule has 0 bridgehead atoms. The number of likely N-dealkylation sites (N-methyl/N-ethyl adjacent to an activating group) is 1. The van der Waals surface area contributed by atoms with Gasteiger partial charge in [0.1, 0.15) is 6.42 Å². The fraction of sp³-hybridized carbons (Fsp3) is 0.471. The number of hydrogen-bond donors (Lipinski definition) is 0. The fourth-order valence-corrected chi connectivity index (χ4v) is 2.95. The summed E-state index contributed by atoms with van der Waals surface area (Å²) in [6.07, 6.45) is -0.0350. The molecule has 0 radical (unpaired) electrons. The molecule has 1 fully saturated rings. The van der Waals surface area contributed by atoms with Crippen LogP contribution in [0.25, 0.3) is 11.5 Å². The maximum absolute atomic E-state index is 11.5. The van der Waals surface area contributed by atoms with Crippen LogP contribution in [0.4, 0.5) is 5.69 Å². The molecule has 0 aliphatic carbocycles. The number of aromatic nitrogens is 2. The van der Waals surface area contributed by atoms with Crippen molar-refractivity contribution in [2.45, 2.75) is 13.3 Å². The normalized spacial score (nSPS) is 15.4. The Hall–Kier alpha value is -2.12. The van der Waals surface area contributed by atoms with Crippen LogP contribution in [0, 0.1) is 0 Å². The van der Waals surface area contributed by atoms with Gasteiger partial charge in [-0.15, -0.1) is 10.2 Å². The Morgan fingerprint density at radius 3 is 2.72 bits per heavy atom. The molecule has 0 saturated carbocycles. The van der Waals surface area contributed by atoms with Crippen molar-refractivity contribution in [2.75, 3.05) is 44.7 Å². The van der Waals surface area contributed by atoms with Crippen LogP contribution in [0.2, 0.25) is 5.02 Å². The Morgan fingerprint density at radius 2 is 2.00 bits per heavy atom. The first-order valence-corrected chi connectivity index (χ1v) is 8.65. The number of benzene rings is 1. The van der Waals surface area contributed by atoms with Gasteiger partial charge in [-0.05, 0) is 32.2 Å². The molecule has 1 aromatic carbocycles. The first-order valence-electron chi connectivity index (χ1n) is 8.27. The molecule has 7 nitrogen and oxygen atoms in total. The smallest absolute Gasteiger partial charge is 0.315 e. The van der Waals surface area contributed by atoms with Gasteiger partial charge in [0.25, 0.3) is 0 Å². The van der Waals surface area contributed by atoms with Crippen LogP contribution >= 0.6 is 11.6 Å². The van der Waals surface area contributed by atoms with Crippen molar-refractivity contribution in [2.24, 2.45) is 0 Å². The average Bonchev–Trinajstić information content (AvgIpc) is 3.03. The quantitative estimate of drug-likeness (QED) is 0.753. The van der Waals surface area contributed by atoms with Crippen molar-refractivity contribution >= 4 is 23.3 Å². The largest absolute Gasteiger partial charge is 0.466 e. The maximum atomic E-state index is 11.5. The molecule has 2 heterocycles. The Kier molecular flexibility index (Phi) is 5.55. The summed E-state index contributed by atoms with van der Waals surface area (Å²) in [4.78, 5) is 16.1. The lowest BCUT2D eigenvalue weighted by molar-refractivity contribution is -0.142. The maximum Gasteiger partial charge on any atom is 0.315 e. The minimum atomic E-state index is -0.387. The number of carbonyl (C=O) groups is 1. The number of ether oxygens (including phenoxy) is 1. The number of rotatable bonds is 5. The van der Waals surface area contributed by atoms with E-state index < -0.39 is 0 Å². The summed E-state index contributed by atoms with van der Waals surface area (Å²) in [6, 6.07) is 5.70. The van der Waals surface area contributed by atoms with E-state index in [-0.39, 0.29) is 18.3 Å². The summed E-state index contributed by atoms with van der Waals surface area (Å²) in [7, 11) is 2.12. The lowest BCUT2D eigenvalue weighted by Crippen LogP contribution is -2.44. The molecule has 0 amide bonds. The molecule has 25 heavy (non-hydrogen) atoms. The summed E-state index contributed by atoms with van der Waals surface area (Å²) in [5, 5.41) is 8.55. The second kappa shape index (κ2) is 7.84. The number of piperazine rings is 1. The lowest BCUT2D eigenvalue weighted by Gasteiger charge is -2.34. The summed E-state index contributed by atoms with van der Waals surface area (Å²) in [5.74, 6) is 0.189. The van der Waals surface area contributed by atoms with Crippen LogP contribution in [-0.4, -0.2) is 60.9 Å². The van der Waals surface area contributed by atoms with Gasteiger partial charge in [-0.1, -0.05) is 11.6 Å². The monoisotopic (exact) mass is 364 g/mol. The number of halogens is 1. The molecule has 1 saturated heterocycles. The van der Waals surface area contributed by atoms with E-state index in [1.807, 2.05) is 12.1 Å². The van der Waals surface area contributed by atoms with Gasteiger partial charge in [0.15, 0.2) is 0 Å². The summed E-state index contributed by atoms with van der Waals surface area (Å²) in [6.45, 7) is 5.96. The Morgan fingerprint density at radius 1 is 1.24 bits per heavy atom. The zero-order valence-corrected chi connectivity index (χ0v) is 15.1. The van der Waals surface area contributed by atoms with Crippen molar-refractivity contribution in [3.8, 4) is 11.5 Å². The summed E-state index contributed by atoms with van der Waals surface area (Å²) in [5.41, 5.74) is 1.77. The first-order chi connectivity index (χ1) is 12.0. The molecular weight excluding hydrogens is 344 g/mol. The fourth-order valence-electron chi connectivity index (χ4n) is 2.72. The molecule has 0 atom stereocenters. The minimum absolute atomic E-state index is 0.0350. The molecule has 8 heteroatoms. The highest BCUT2D eigenvalue weighted by Crippen LogP contribution is 2.29. The van der Waals surface area contributed by atoms with Crippen molar-refractivity contribution in [1.29, 1.82) is 0 Å². The Balaban J connectivity index is 1.78. The van der Waals surface area contributed by atoms with Crippen LogP contribution in [0.15, 0.2) is 22.6 Å². The van der Waals surface area contributed by atoms with E-state index in [9.17, 15) is 4.79 Å². The Labute approximate surface area is 151 Å². The molecule has 1 aromatic heterocycles. The average molecular weight is 365 g/mol. The van der Waals surface area contributed by atoms with Crippen molar-refractivity contribution in [3.05, 3.63) is 29.1 Å². The minimum Gasteiger partial charge on any atom is -0.466 e. The van der Waals surface area contributed by atoms with E-state index in [1.165, 1.54) is 0 Å². The third kappa shape index (κ3) is 4.49. The second-order valence-corrected chi connectivity index (χ2v) is 6.41. The van der Waals surface area contributed by atoms with E-state index in [4.69, 9.17) is 20.8 Å². The highest BCUT2D eigenvalue weighted by Gasteiger charge is 2.18. The zero-order valence-electron chi connectivity index (χ0n) is 14.4. The van der Waals surface area contributed by atoms with Gasteiger partial charge < -0.3 is 19.0 Å². The number of carbonyl (C=O) groups excluding carboxylic acids is 1. The van der Waals surface area contributed by atoms with E-state index >= 15 is 0 Å². The third-order valence-corrected chi connectivity index (χ3v) is 4.28. The van der Waals surface area contributed by atoms with E-state index in [1.54, 1.807) is 13.0 Å². The lowest BCUT2D eigenvalue weighted by atomic mass is 10.1. The number of esters is 1. The number of anilines is 1. The second-order valence-electron chi connectivity index (χ2n) is 5.97. The van der Waals surface area contributed by atoms with Gasteiger partial charge in [-0.2, -0.15) is 0 Å². The molecule has 134 valence electrons. The molecule has 0 unspecified atom stereocenters. The number of nitrogens with zero attached hydrogens (tertiary/aromatic N) is 4. The van der Waals surface area contributed by atoms with Crippen LogP contribution < -0.4 is 4.90 Å². The van der Waals surface area contributed by atoms with E-state index in [0.29, 0.717) is 17.5 Å². The third-order valence-electron chi connectivity index (χ3n) is 4.07. The van der Waals surface area contributed by atoms with Gasteiger partial charge in [0.05, 0.1) is 6.61 Å². The SMILES string of the molecule is CCOC(=O)Cc1nnc(-c2cc(Cl)cc(N3CCN(C)CC3)c2)o1. The zero-order chi connectivity index (χ0) is 17.8. The molecule has 0 spiro atoms. The first kappa shape index (κ1) is 17.7. The number of hydrogen-bond acceptors (Lipinski definition) is 7. The van der Waals surface area contributed by atoms with Crippen LogP contribution in [0.5, 0.6) is 0 Å². The molecule has 0 N–H and O–H groups in total. The predicted molar refractivity (Wildman–Crippen MR) is 94.8 cm³/mol. The molecule has 2 aromatic rings. The van der Waals surface area contributed by atoms with Crippen LogP contribution in [0.3, 0.4) is 0 Å². The topological polar surface area (TPSA) is 71.7 Å². The van der Waals surface area contributed by atoms with E-state index in [0.717, 1.165) is 37.4 Å². The summed E-state index contributed by atoms with van der Waals surface area (Å²) >= 11 is 6.28. The molecule has 3 rings (SSSR count). The van der Waals surface area contributed by atoms with Crippen molar-refractivity contribution < 1.29 is 13.9 Å². The molecular formula is C17H21ClN4O3. The van der Waals surface area contributed by atoms with Gasteiger partial charge in [-0.3, -0.25) is 4.79 Å². The van der Waals surface area contributed by atoms with Crippen molar-refractivity contribution in [1.82, 2.24) is 15.1 Å². The predicted octanol–water partition coefficient (Wildman–Crippen LogP) is 2.25.